The zero-order valence-electron chi connectivity index (χ0n) is 18.4. The fraction of sp³-hybridized carbons (Fsp3) is 0.250. The number of benzene rings is 1. The van der Waals surface area contributed by atoms with E-state index in [0.29, 0.717) is 46.0 Å². The van der Waals surface area contributed by atoms with Gasteiger partial charge in [-0.25, -0.2) is 4.98 Å². The molecule has 0 saturated carbocycles. The van der Waals surface area contributed by atoms with Gasteiger partial charge in [-0.05, 0) is 36.6 Å². The number of thioether (sulfide) groups is 1. The summed E-state index contributed by atoms with van der Waals surface area (Å²) in [6.45, 7) is 3.25. The first kappa shape index (κ1) is 23.2. The van der Waals surface area contributed by atoms with Gasteiger partial charge in [-0.1, -0.05) is 60.4 Å². The summed E-state index contributed by atoms with van der Waals surface area (Å²) in [5, 5.41) is 3.31. The highest BCUT2D eigenvalue weighted by Gasteiger charge is 2.32. The van der Waals surface area contributed by atoms with Crippen LogP contribution in [0, 0.1) is 6.92 Å². The third-order valence-corrected chi connectivity index (χ3v) is 6.68. The lowest BCUT2D eigenvalue weighted by molar-refractivity contribution is -0.122. The number of thiocarbonyl (C=S) groups is 1. The Labute approximate surface area is 201 Å². The number of aromatic nitrogens is 2. The second-order valence-corrected chi connectivity index (χ2v) is 9.23. The van der Waals surface area contributed by atoms with Crippen molar-refractivity contribution in [1.29, 1.82) is 0 Å². The number of methoxy groups -OCH3 is 1. The van der Waals surface area contributed by atoms with E-state index in [1.165, 1.54) is 26.6 Å². The van der Waals surface area contributed by atoms with E-state index in [-0.39, 0.29) is 11.5 Å². The number of nitrogens with one attached hydrogen (secondary N) is 1. The number of carbonyl (C=O) groups excluding carboxylic acids is 1. The number of anilines is 1. The quantitative estimate of drug-likeness (QED) is 0.391. The standard InChI is InChI=1S/C24H24N4O3S2/c1-16-7-6-12-27-21(16)26-20(25-11-10-17-8-4-3-5-9-17)18(22(27)29)15-19-23(30)28(13-14-31-2)24(32)33-19/h3-9,12,15,25H,10-11,13-14H2,1-2H3/b19-15+. The average molecular weight is 481 g/mol. The molecule has 1 aliphatic rings. The molecule has 0 unspecified atom stereocenters. The van der Waals surface area contributed by atoms with Crippen LogP contribution in [0.2, 0.25) is 0 Å². The lowest BCUT2D eigenvalue weighted by Crippen LogP contribution is -2.31. The molecule has 7 nitrogen and oxygen atoms in total. The number of hydrogen-bond acceptors (Lipinski definition) is 7. The average Bonchev–Trinajstić information content (AvgIpc) is 3.08. The van der Waals surface area contributed by atoms with Crippen molar-refractivity contribution in [2.24, 2.45) is 0 Å². The van der Waals surface area contributed by atoms with Crippen LogP contribution < -0.4 is 10.9 Å². The third kappa shape index (κ3) is 5.00. The van der Waals surface area contributed by atoms with Crippen molar-refractivity contribution in [3.05, 3.63) is 80.6 Å². The maximum Gasteiger partial charge on any atom is 0.267 e. The SMILES string of the molecule is COCCN1C(=O)/C(=C\c2c(NCCc3ccccc3)nc3c(C)cccn3c2=O)SC1=S. The largest absolute Gasteiger partial charge is 0.383 e. The Hall–Kier alpha value is -3.01. The number of aryl methyl sites for hydroxylation is 1. The van der Waals surface area contributed by atoms with Crippen LogP contribution in [-0.4, -0.2) is 51.3 Å². The van der Waals surface area contributed by atoms with E-state index in [0.717, 1.165) is 12.0 Å². The molecule has 2 aromatic heterocycles. The van der Waals surface area contributed by atoms with Gasteiger partial charge in [-0.15, -0.1) is 0 Å². The molecule has 0 atom stereocenters. The Bertz CT molecular complexity index is 1290. The molecule has 170 valence electrons. The number of ether oxygens (including phenoxy) is 1. The van der Waals surface area contributed by atoms with Gasteiger partial charge in [0.25, 0.3) is 11.5 Å². The summed E-state index contributed by atoms with van der Waals surface area (Å²) in [6.07, 6.45) is 4.06. The molecule has 1 fully saturated rings. The predicted octanol–water partition coefficient (Wildman–Crippen LogP) is 3.51. The summed E-state index contributed by atoms with van der Waals surface area (Å²) < 4.78 is 7.04. The van der Waals surface area contributed by atoms with Gasteiger partial charge in [0.15, 0.2) is 0 Å². The van der Waals surface area contributed by atoms with Crippen molar-refractivity contribution in [1.82, 2.24) is 14.3 Å². The molecule has 0 aliphatic carbocycles. The van der Waals surface area contributed by atoms with E-state index < -0.39 is 0 Å². The number of pyridine rings is 1. The first-order valence-electron chi connectivity index (χ1n) is 10.5. The molecular formula is C24H24N4O3S2. The van der Waals surface area contributed by atoms with Gasteiger partial charge in [-0.3, -0.25) is 18.9 Å². The Kier molecular flexibility index (Phi) is 7.22. The molecule has 9 heteroatoms. The van der Waals surface area contributed by atoms with Crippen LogP contribution in [0.1, 0.15) is 16.7 Å². The molecule has 1 amide bonds. The van der Waals surface area contributed by atoms with Crippen molar-refractivity contribution < 1.29 is 9.53 Å². The molecule has 1 aliphatic heterocycles. The lowest BCUT2D eigenvalue weighted by atomic mass is 10.1. The molecular weight excluding hydrogens is 456 g/mol. The lowest BCUT2D eigenvalue weighted by Gasteiger charge is -2.13. The zero-order chi connectivity index (χ0) is 23.4. The Morgan fingerprint density at radius 1 is 1.18 bits per heavy atom. The summed E-state index contributed by atoms with van der Waals surface area (Å²) in [5.41, 5.74) is 2.73. The van der Waals surface area contributed by atoms with Crippen LogP contribution in [-0.2, 0) is 16.0 Å². The van der Waals surface area contributed by atoms with E-state index >= 15 is 0 Å². The van der Waals surface area contributed by atoms with Gasteiger partial charge in [0, 0.05) is 19.9 Å². The number of hydrogen-bond donors (Lipinski definition) is 1. The molecule has 1 N–H and O–H groups in total. The van der Waals surface area contributed by atoms with E-state index in [4.69, 9.17) is 21.9 Å². The fourth-order valence-electron chi connectivity index (χ4n) is 3.55. The van der Waals surface area contributed by atoms with Gasteiger partial charge < -0.3 is 10.1 Å². The molecule has 0 bridgehead atoms. The van der Waals surface area contributed by atoms with Crippen LogP contribution in [0.25, 0.3) is 11.7 Å². The number of rotatable bonds is 8. The Morgan fingerprint density at radius 2 is 1.97 bits per heavy atom. The van der Waals surface area contributed by atoms with E-state index in [1.54, 1.807) is 19.4 Å². The topological polar surface area (TPSA) is 75.9 Å². The molecule has 33 heavy (non-hydrogen) atoms. The minimum absolute atomic E-state index is 0.231. The van der Waals surface area contributed by atoms with E-state index in [2.05, 4.69) is 17.4 Å². The first-order chi connectivity index (χ1) is 16.0. The highest BCUT2D eigenvalue weighted by molar-refractivity contribution is 8.26. The van der Waals surface area contributed by atoms with Crippen molar-refractivity contribution >= 4 is 51.7 Å². The molecule has 1 saturated heterocycles. The van der Waals surface area contributed by atoms with Crippen LogP contribution in [0.3, 0.4) is 0 Å². The van der Waals surface area contributed by atoms with Crippen LogP contribution >= 0.6 is 24.0 Å². The minimum atomic E-state index is -0.243. The summed E-state index contributed by atoms with van der Waals surface area (Å²) in [5.74, 6) is 0.221. The molecule has 1 aromatic carbocycles. The first-order valence-corrected chi connectivity index (χ1v) is 11.8. The van der Waals surface area contributed by atoms with E-state index in [1.807, 2.05) is 37.3 Å². The van der Waals surface area contributed by atoms with Crippen molar-refractivity contribution in [2.75, 3.05) is 32.1 Å². The Morgan fingerprint density at radius 3 is 2.73 bits per heavy atom. The normalized spacial score (nSPS) is 15.1. The molecule has 3 heterocycles. The molecule has 4 rings (SSSR count). The number of amides is 1. The highest BCUT2D eigenvalue weighted by Crippen LogP contribution is 2.32. The van der Waals surface area contributed by atoms with Gasteiger partial charge in [0.2, 0.25) is 0 Å². The van der Waals surface area contributed by atoms with E-state index in [9.17, 15) is 9.59 Å². The van der Waals surface area contributed by atoms with Crippen molar-refractivity contribution in [3.63, 3.8) is 0 Å². The molecule has 0 radical (unpaired) electrons. The maximum absolute atomic E-state index is 13.4. The summed E-state index contributed by atoms with van der Waals surface area (Å²) in [7, 11) is 1.57. The monoisotopic (exact) mass is 480 g/mol. The van der Waals surface area contributed by atoms with Crippen LogP contribution in [0.4, 0.5) is 5.82 Å². The smallest absolute Gasteiger partial charge is 0.267 e. The highest BCUT2D eigenvalue weighted by atomic mass is 32.2. The van der Waals surface area contributed by atoms with Crippen LogP contribution in [0.5, 0.6) is 0 Å². The number of fused-ring (bicyclic) bond motifs is 1. The van der Waals surface area contributed by atoms with Gasteiger partial charge in [0.05, 0.1) is 23.6 Å². The zero-order valence-corrected chi connectivity index (χ0v) is 20.0. The predicted molar refractivity (Wildman–Crippen MR) is 137 cm³/mol. The van der Waals surface area contributed by atoms with Crippen molar-refractivity contribution in [3.8, 4) is 0 Å². The summed E-state index contributed by atoms with van der Waals surface area (Å²) >= 11 is 6.55. The van der Waals surface area contributed by atoms with Gasteiger partial charge in [-0.2, -0.15) is 0 Å². The van der Waals surface area contributed by atoms with Crippen LogP contribution in [0.15, 0.2) is 58.4 Å². The molecule has 0 spiro atoms. The minimum Gasteiger partial charge on any atom is -0.383 e. The fourth-order valence-corrected chi connectivity index (χ4v) is 4.84. The Balaban J connectivity index is 1.71. The second kappa shape index (κ2) is 10.3. The maximum atomic E-state index is 13.4. The summed E-state index contributed by atoms with van der Waals surface area (Å²) in [4.78, 5) is 33.0. The van der Waals surface area contributed by atoms with Gasteiger partial charge >= 0.3 is 0 Å². The van der Waals surface area contributed by atoms with Gasteiger partial charge in [0.1, 0.15) is 15.8 Å². The van der Waals surface area contributed by atoms with Crippen molar-refractivity contribution in [2.45, 2.75) is 13.3 Å². The number of carbonyl (C=O) groups is 1. The number of nitrogens with zero attached hydrogens (tertiary/aromatic N) is 3. The third-order valence-electron chi connectivity index (χ3n) is 5.30. The molecule has 3 aromatic rings. The summed E-state index contributed by atoms with van der Waals surface area (Å²) in [6, 6.07) is 13.8. The second-order valence-electron chi connectivity index (χ2n) is 7.55.